The van der Waals surface area contributed by atoms with Gasteiger partial charge in [-0.05, 0) is 94.7 Å². The molecule has 0 saturated heterocycles. The number of fused-ring (bicyclic) bond motifs is 2. The third-order valence-corrected chi connectivity index (χ3v) is 12.7. The van der Waals surface area contributed by atoms with Gasteiger partial charge >= 0.3 is 37.9 Å². The molecule has 4 aliphatic rings. The first-order valence-corrected chi connectivity index (χ1v) is 21.7. The molecule has 3 aliphatic carbocycles. The quantitative estimate of drug-likeness (QED) is 0.237. The minimum atomic E-state index is -0.826. The fraction of sp³-hybridized carbons (Fsp3) is 0.643. The molecule has 0 N–H and O–H groups in total. The van der Waals surface area contributed by atoms with Crippen molar-refractivity contribution in [3.05, 3.63) is 50.6 Å². The van der Waals surface area contributed by atoms with Crippen molar-refractivity contribution >= 4 is 78.1 Å². The van der Waals surface area contributed by atoms with Gasteiger partial charge in [0.1, 0.15) is 0 Å². The van der Waals surface area contributed by atoms with Gasteiger partial charge in [0.15, 0.2) is 0 Å². The summed E-state index contributed by atoms with van der Waals surface area (Å²) >= 11 is 10.1. The molecule has 2 heterocycles. The van der Waals surface area contributed by atoms with Crippen LogP contribution in [0.25, 0.3) is 6.08 Å². The van der Waals surface area contributed by atoms with Crippen LogP contribution >= 0.6 is 72.0 Å². The molecule has 1 aromatic rings. The third-order valence-electron chi connectivity index (χ3n) is 8.30. The van der Waals surface area contributed by atoms with E-state index in [2.05, 4.69) is 97.2 Å². The van der Waals surface area contributed by atoms with E-state index >= 15 is 0 Å². The van der Waals surface area contributed by atoms with Crippen molar-refractivity contribution in [2.75, 3.05) is 0 Å². The molecule has 2 fully saturated rings. The van der Waals surface area contributed by atoms with Crippen molar-refractivity contribution in [2.45, 2.75) is 73.0 Å². The molecule has 1 aromatic heterocycles. The number of allylic oxidation sites excluding steroid dienone is 2. The molecule has 0 radical (unpaired) electrons. The molecule has 3 atom stereocenters. The van der Waals surface area contributed by atoms with E-state index in [-0.39, 0.29) is 14.9 Å². The van der Waals surface area contributed by atoms with Gasteiger partial charge < -0.3 is 14.9 Å². The van der Waals surface area contributed by atoms with Crippen molar-refractivity contribution < 1.29 is 20.8 Å². The Morgan fingerprint density at radius 2 is 1.37 bits per heavy atom. The monoisotopic (exact) mass is 762 g/mol. The van der Waals surface area contributed by atoms with Gasteiger partial charge in [-0.1, -0.05) is 63.0 Å². The summed E-state index contributed by atoms with van der Waals surface area (Å²) in [6.07, 6.45) is 6.22. The van der Waals surface area contributed by atoms with Gasteiger partial charge in [0, 0.05) is 30.4 Å². The second-order valence-electron chi connectivity index (χ2n) is 10.3. The Hall–Kier alpha value is 1.95. The van der Waals surface area contributed by atoms with Crippen LogP contribution in [0.15, 0.2) is 25.3 Å². The third kappa shape index (κ3) is 10.1. The van der Waals surface area contributed by atoms with E-state index in [1.165, 1.54) is 37.8 Å². The Morgan fingerprint density at radius 1 is 0.886 bits per heavy atom. The van der Waals surface area contributed by atoms with Gasteiger partial charge in [-0.15, -0.1) is 23.1 Å². The van der Waals surface area contributed by atoms with E-state index in [4.69, 9.17) is 17.0 Å². The molecule has 2 saturated carbocycles. The first-order valence-electron chi connectivity index (χ1n) is 11.9. The topological polar surface area (TPSA) is 0 Å². The van der Waals surface area contributed by atoms with Crippen molar-refractivity contribution in [1.29, 1.82) is 0 Å². The molecule has 0 nitrogen and oxygen atoms in total. The predicted octanol–water partition coefficient (Wildman–Crippen LogP) is 12.3. The number of hydrogen-bond acceptors (Lipinski definition) is 2. The van der Waals surface area contributed by atoms with E-state index in [0.717, 1.165) is 53.1 Å². The van der Waals surface area contributed by atoms with Crippen LogP contribution in [0.3, 0.4) is 0 Å². The first kappa shape index (κ1) is 37.0. The van der Waals surface area contributed by atoms with Crippen LogP contribution in [-0.4, -0.2) is 5.25 Å². The summed E-state index contributed by atoms with van der Waals surface area (Å²) in [5.74, 6) is 6.48. The number of rotatable bonds is 0. The van der Waals surface area contributed by atoms with E-state index < -0.39 is 20.8 Å². The van der Waals surface area contributed by atoms with Crippen LogP contribution in [0.2, 0.25) is 0 Å². The van der Waals surface area contributed by atoms with Gasteiger partial charge in [-0.3, -0.25) is 0 Å². The van der Waals surface area contributed by atoms with E-state index in [9.17, 15) is 0 Å². The van der Waals surface area contributed by atoms with Crippen LogP contribution in [0.4, 0.5) is 0 Å². The molecule has 3 unspecified atom stereocenters. The number of thiophene rings is 1. The van der Waals surface area contributed by atoms with Crippen LogP contribution in [-0.2, 0) is 27.3 Å². The fourth-order valence-electron chi connectivity index (χ4n) is 5.54. The zero-order valence-corrected chi connectivity index (χ0v) is 31.6. The molecule has 1 aliphatic heterocycles. The summed E-state index contributed by atoms with van der Waals surface area (Å²) in [7, 11) is 9.87. The van der Waals surface area contributed by atoms with Crippen molar-refractivity contribution in [3.63, 3.8) is 0 Å². The van der Waals surface area contributed by atoms with E-state index in [1.54, 1.807) is 0 Å². The maximum absolute atomic E-state index is 4.93. The molecule has 200 valence electrons. The Balaban J connectivity index is 0.000000456. The van der Waals surface area contributed by atoms with Crippen molar-refractivity contribution in [1.82, 2.24) is 0 Å². The second kappa shape index (κ2) is 17.6. The van der Waals surface area contributed by atoms with Crippen LogP contribution < -0.4 is 0 Å². The Bertz CT molecular complexity index is 781. The van der Waals surface area contributed by atoms with Gasteiger partial charge in [0.05, 0.1) is 0 Å². The van der Waals surface area contributed by atoms with Gasteiger partial charge in [-0.25, -0.2) is 0 Å². The standard InChI is InChI=1S/C10H20.C8H11BrS.C8H7BrS.2CH3.2ClH.Zr/c1-6-7(2)9(4)10(5)8(6)3;2*1-5-2-6-7(9)4-10-8(6)3-5;;;;;/h6-10H,1-5H3;4-6,8H,2-3H2,1H3;3-4H,2H2,1H3;2*1H3;2*1H;/q;;;2*-1;;;+4/p-2. The van der Waals surface area contributed by atoms with E-state index in [0.29, 0.717) is 0 Å². The Morgan fingerprint density at radius 3 is 1.80 bits per heavy atom. The summed E-state index contributed by atoms with van der Waals surface area (Å²) in [6, 6.07) is 0. The van der Waals surface area contributed by atoms with Crippen molar-refractivity contribution in [3.8, 4) is 0 Å². The van der Waals surface area contributed by atoms with Crippen LogP contribution in [0.1, 0.15) is 71.7 Å². The molecule has 0 spiro atoms. The van der Waals surface area contributed by atoms with Gasteiger partial charge in [0.2, 0.25) is 0 Å². The molecule has 5 rings (SSSR count). The van der Waals surface area contributed by atoms with Gasteiger partial charge in [-0.2, -0.15) is 0 Å². The summed E-state index contributed by atoms with van der Waals surface area (Å²) in [4.78, 5) is 1.43. The molecule has 7 heteroatoms. The van der Waals surface area contributed by atoms with Crippen LogP contribution in [0, 0.1) is 56.3 Å². The Kier molecular flexibility index (Phi) is 18.6. The summed E-state index contributed by atoms with van der Waals surface area (Å²) in [6.45, 7) is 16.5. The summed E-state index contributed by atoms with van der Waals surface area (Å²) < 4.78 is 2.73. The summed E-state index contributed by atoms with van der Waals surface area (Å²) in [5.41, 5.74) is 2.95. The SMILES string of the molecule is CC1=Cc2scc(Br)c2C1.CC1C(C)C(C)C(C)C1C.CC1CC2SC=C(Br)C2C1.[CH3-].[CH3-].[Cl][Zr+2][Cl]. The molecular formula is C28H44Br2Cl2S2Zr. The average molecular weight is 767 g/mol. The van der Waals surface area contributed by atoms with Crippen LogP contribution in [0.5, 0.6) is 0 Å². The Labute approximate surface area is 261 Å². The normalized spacial score (nSPS) is 33.5. The predicted molar refractivity (Wildman–Crippen MR) is 170 cm³/mol. The molecular weight excluding hydrogens is 722 g/mol. The first-order chi connectivity index (χ1) is 15.5. The van der Waals surface area contributed by atoms with Crippen molar-refractivity contribution in [2.24, 2.45) is 41.4 Å². The minimum absolute atomic E-state index is 0. The zero-order valence-electron chi connectivity index (χ0n) is 22.8. The molecule has 0 amide bonds. The zero-order chi connectivity index (χ0) is 24.9. The van der Waals surface area contributed by atoms with Gasteiger partial charge in [0.25, 0.3) is 0 Å². The molecule has 0 bridgehead atoms. The summed E-state index contributed by atoms with van der Waals surface area (Å²) in [5, 5.41) is 5.35. The second-order valence-corrected chi connectivity index (χ2v) is 17.8. The number of thioether (sulfide) groups is 1. The molecule has 35 heavy (non-hydrogen) atoms. The number of halogens is 4. The number of hydrogen-bond donors (Lipinski definition) is 0. The fourth-order valence-corrected chi connectivity index (χ4v) is 9.64. The average Bonchev–Trinajstić information content (AvgIpc) is 3.54. The molecule has 0 aromatic carbocycles. The maximum atomic E-state index is 4.93. The van der Waals surface area contributed by atoms with E-state index in [1.807, 2.05) is 23.1 Å².